The van der Waals surface area contributed by atoms with Crippen molar-refractivity contribution in [2.24, 2.45) is 0 Å². The van der Waals surface area contributed by atoms with E-state index in [1.807, 2.05) is 34.9 Å². The van der Waals surface area contributed by atoms with Gasteiger partial charge in [0.15, 0.2) is 0 Å². The highest BCUT2D eigenvalue weighted by atomic mass is 35.5. The fourth-order valence-corrected chi connectivity index (χ4v) is 5.34. The molecule has 6 heteroatoms. The first-order chi connectivity index (χ1) is 14.1. The first-order valence-electron chi connectivity index (χ1n) is 9.74. The van der Waals surface area contributed by atoms with E-state index in [-0.39, 0.29) is 5.91 Å². The normalized spacial score (nSPS) is 17.2. The first-order valence-corrected chi connectivity index (χ1v) is 11.2. The number of aromatic nitrogens is 1. The number of carbonyl (C=O) groups excluding carboxylic acids is 1. The molecule has 3 aromatic rings. The third-order valence-electron chi connectivity index (χ3n) is 5.37. The van der Waals surface area contributed by atoms with Gasteiger partial charge in [0.25, 0.3) is 5.91 Å². The molecule has 4 rings (SSSR count). The van der Waals surface area contributed by atoms with Crippen LogP contribution in [0.3, 0.4) is 0 Å². The second-order valence-corrected chi connectivity index (χ2v) is 8.96. The summed E-state index contributed by atoms with van der Waals surface area (Å²) in [7, 11) is 0. The quantitative estimate of drug-likeness (QED) is 0.520. The Morgan fingerprint density at radius 3 is 2.69 bits per heavy atom. The maximum Gasteiger partial charge on any atom is 0.259 e. The summed E-state index contributed by atoms with van der Waals surface area (Å²) in [6.45, 7) is 5.35. The molecule has 1 aliphatic rings. The molecule has 0 aliphatic carbocycles. The first kappa shape index (κ1) is 20.0. The van der Waals surface area contributed by atoms with E-state index in [0.717, 1.165) is 17.7 Å². The van der Waals surface area contributed by atoms with E-state index >= 15 is 0 Å². The van der Waals surface area contributed by atoms with E-state index < -0.39 is 0 Å². The minimum atomic E-state index is -0.0373. The average Bonchev–Trinajstić information content (AvgIpc) is 2.94. The van der Waals surface area contributed by atoms with Gasteiger partial charge in [0.1, 0.15) is 17.0 Å². The summed E-state index contributed by atoms with van der Waals surface area (Å²) in [5.41, 5.74) is 4.42. The Hall–Kier alpha value is -2.24. The third kappa shape index (κ3) is 4.07. The van der Waals surface area contributed by atoms with Gasteiger partial charge in [-0.1, -0.05) is 59.2 Å². The number of nitrogens with zero attached hydrogens (tertiary/aromatic N) is 2. The molecule has 1 saturated heterocycles. The molecule has 1 aromatic heterocycles. The number of benzene rings is 2. The van der Waals surface area contributed by atoms with Crippen molar-refractivity contribution >= 4 is 29.3 Å². The molecule has 1 atom stereocenters. The smallest absolute Gasteiger partial charge is 0.259 e. The SMILES string of the molecule is Cc1ccccc1[C@H]1CCN(C(=O)c2c(-c3ccccc3Cl)noc2C)CCS1. The highest BCUT2D eigenvalue weighted by Gasteiger charge is 2.29. The summed E-state index contributed by atoms with van der Waals surface area (Å²) >= 11 is 8.27. The molecular weight excluding hydrogens is 404 g/mol. The molecular formula is C23H23ClN2O2S. The molecule has 0 N–H and O–H groups in total. The van der Waals surface area contributed by atoms with E-state index in [0.29, 0.717) is 40.4 Å². The van der Waals surface area contributed by atoms with Crippen molar-refractivity contribution in [1.29, 1.82) is 0 Å². The lowest BCUT2D eigenvalue weighted by molar-refractivity contribution is 0.0765. The zero-order chi connectivity index (χ0) is 20.4. The molecule has 2 aromatic carbocycles. The second kappa shape index (κ2) is 8.64. The summed E-state index contributed by atoms with van der Waals surface area (Å²) < 4.78 is 5.39. The molecule has 29 heavy (non-hydrogen) atoms. The maximum atomic E-state index is 13.4. The summed E-state index contributed by atoms with van der Waals surface area (Å²) in [6, 6.07) is 15.9. The lowest BCUT2D eigenvalue weighted by atomic mass is 10.0. The molecule has 0 radical (unpaired) electrons. The van der Waals surface area contributed by atoms with Gasteiger partial charge in [-0.05, 0) is 37.5 Å². The number of amides is 1. The van der Waals surface area contributed by atoms with E-state index in [4.69, 9.17) is 16.1 Å². The average molecular weight is 427 g/mol. The molecule has 1 aliphatic heterocycles. The Morgan fingerprint density at radius 1 is 1.14 bits per heavy atom. The van der Waals surface area contributed by atoms with Crippen LogP contribution in [0.15, 0.2) is 53.1 Å². The summed E-state index contributed by atoms with van der Waals surface area (Å²) in [4.78, 5) is 15.3. The van der Waals surface area contributed by atoms with Crippen LogP contribution in [0.5, 0.6) is 0 Å². The second-order valence-electron chi connectivity index (χ2n) is 7.24. The third-order valence-corrected chi connectivity index (χ3v) is 7.01. The molecule has 1 fully saturated rings. The van der Waals surface area contributed by atoms with Crippen LogP contribution in [0.25, 0.3) is 11.3 Å². The van der Waals surface area contributed by atoms with Crippen molar-refractivity contribution in [2.75, 3.05) is 18.8 Å². The van der Waals surface area contributed by atoms with Crippen LogP contribution < -0.4 is 0 Å². The lowest BCUT2D eigenvalue weighted by Crippen LogP contribution is -2.33. The number of hydrogen-bond acceptors (Lipinski definition) is 4. The van der Waals surface area contributed by atoms with E-state index in [9.17, 15) is 4.79 Å². The van der Waals surface area contributed by atoms with Crippen molar-refractivity contribution in [3.63, 3.8) is 0 Å². The fraction of sp³-hybridized carbons (Fsp3) is 0.304. The van der Waals surface area contributed by atoms with Gasteiger partial charge in [0, 0.05) is 29.7 Å². The van der Waals surface area contributed by atoms with Crippen molar-refractivity contribution in [3.8, 4) is 11.3 Å². The maximum absolute atomic E-state index is 13.4. The fourth-order valence-electron chi connectivity index (χ4n) is 3.79. The van der Waals surface area contributed by atoms with Gasteiger partial charge in [-0.15, -0.1) is 0 Å². The Bertz CT molecular complexity index is 1030. The van der Waals surface area contributed by atoms with Gasteiger partial charge in [0.05, 0.1) is 5.02 Å². The predicted molar refractivity (Wildman–Crippen MR) is 119 cm³/mol. The van der Waals surface area contributed by atoms with Crippen LogP contribution in [0.4, 0.5) is 0 Å². The molecule has 0 bridgehead atoms. The van der Waals surface area contributed by atoms with Gasteiger partial charge in [0.2, 0.25) is 0 Å². The number of carbonyl (C=O) groups is 1. The van der Waals surface area contributed by atoms with Gasteiger partial charge < -0.3 is 9.42 Å². The van der Waals surface area contributed by atoms with Crippen LogP contribution in [0.1, 0.15) is 38.9 Å². The molecule has 2 heterocycles. The summed E-state index contributed by atoms with van der Waals surface area (Å²) in [5, 5.41) is 5.11. The van der Waals surface area contributed by atoms with Gasteiger partial charge in [-0.2, -0.15) is 11.8 Å². The standard InChI is InChI=1S/C23H23ClN2O2S/c1-15-7-3-4-8-17(15)20-11-12-26(13-14-29-20)23(27)21-16(2)28-25-22(21)18-9-5-6-10-19(18)24/h3-10,20H,11-14H2,1-2H3/t20-/m1/s1. The summed E-state index contributed by atoms with van der Waals surface area (Å²) in [5.74, 6) is 1.39. The molecule has 1 amide bonds. The Kier molecular flexibility index (Phi) is 5.97. The summed E-state index contributed by atoms with van der Waals surface area (Å²) in [6.07, 6.45) is 0.924. The monoisotopic (exact) mass is 426 g/mol. The largest absolute Gasteiger partial charge is 0.360 e. The van der Waals surface area contributed by atoms with E-state index in [1.54, 1.807) is 13.0 Å². The zero-order valence-corrected chi connectivity index (χ0v) is 18.1. The molecule has 150 valence electrons. The highest BCUT2D eigenvalue weighted by molar-refractivity contribution is 7.99. The molecule has 4 nitrogen and oxygen atoms in total. The predicted octanol–water partition coefficient (Wildman–Crippen LogP) is 5.93. The van der Waals surface area contributed by atoms with E-state index in [2.05, 4.69) is 36.3 Å². The van der Waals surface area contributed by atoms with Gasteiger partial charge in [-0.3, -0.25) is 4.79 Å². The van der Waals surface area contributed by atoms with Crippen LogP contribution in [0, 0.1) is 13.8 Å². The lowest BCUT2D eigenvalue weighted by Gasteiger charge is -2.21. The topological polar surface area (TPSA) is 46.3 Å². The van der Waals surface area contributed by atoms with Gasteiger partial charge >= 0.3 is 0 Å². The number of halogens is 1. The minimum absolute atomic E-state index is 0.0373. The van der Waals surface area contributed by atoms with Crippen LogP contribution in [-0.2, 0) is 0 Å². The van der Waals surface area contributed by atoms with Crippen LogP contribution in [-0.4, -0.2) is 34.8 Å². The highest BCUT2D eigenvalue weighted by Crippen LogP contribution is 2.37. The number of aryl methyl sites for hydroxylation is 2. The minimum Gasteiger partial charge on any atom is -0.360 e. The molecule has 0 spiro atoms. The van der Waals surface area contributed by atoms with Gasteiger partial charge in [-0.25, -0.2) is 0 Å². The Morgan fingerprint density at radius 2 is 1.90 bits per heavy atom. The molecule has 0 unspecified atom stereocenters. The van der Waals surface area contributed by atoms with Crippen LogP contribution in [0.2, 0.25) is 5.02 Å². The Labute approximate surface area is 180 Å². The van der Waals surface area contributed by atoms with Crippen molar-refractivity contribution in [1.82, 2.24) is 10.1 Å². The van der Waals surface area contributed by atoms with Crippen molar-refractivity contribution in [2.45, 2.75) is 25.5 Å². The zero-order valence-electron chi connectivity index (χ0n) is 16.5. The Balaban J connectivity index is 1.58. The number of rotatable bonds is 3. The van der Waals surface area contributed by atoms with Crippen LogP contribution >= 0.6 is 23.4 Å². The van der Waals surface area contributed by atoms with E-state index in [1.165, 1.54) is 11.1 Å². The van der Waals surface area contributed by atoms with Crippen molar-refractivity contribution < 1.29 is 9.32 Å². The molecule has 0 saturated carbocycles. The number of thioether (sulfide) groups is 1. The van der Waals surface area contributed by atoms with Crippen molar-refractivity contribution in [3.05, 3.63) is 76.0 Å². The number of hydrogen-bond donors (Lipinski definition) is 0.